The number of carbonyl (C=O) groups is 2. The molecule has 4 nitrogen and oxygen atoms in total. The first-order chi connectivity index (χ1) is 14.9. The molecule has 0 unspecified atom stereocenters. The van der Waals surface area contributed by atoms with Crippen molar-refractivity contribution in [2.24, 2.45) is 11.8 Å². The summed E-state index contributed by atoms with van der Waals surface area (Å²) < 4.78 is 3.70. The van der Waals surface area contributed by atoms with E-state index in [1.807, 2.05) is 24.3 Å². The Kier molecular flexibility index (Phi) is 3.91. The van der Waals surface area contributed by atoms with Crippen molar-refractivity contribution in [3.05, 3.63) is 95.1 Å². The number of alkyl halides is 2. The molecule has 0 saturated carbocycles. The topological polar surface area (TPSA) is 46.6 Å². The molecular weight excluding hydrogens is 522 g/mol. The standard InChI is InChI=1S/C25H17Br2NO3/c1-31-15-12-10-14(11-13-15)28-22(29)20-21(23(28)30)25(27)17-7-3-2-6-16(17)24(20,26)18-8-4-5-9-19(18)25/h2-13,20-21H,1H3/t20-,21-,24?,25?/m1/s1. The molecule has 4 aliphatic rings. The fourth-order valence-electron chi connectivity index (χ4n) is 5.65. The molecule has 1 saturated heterocycles. The molecule has 1 fully saturated rings. The molecule has 2 bridgehead atoms. The van der Waals surface area contributed by atoms with Gasteiger partial charge in [-0.25, -0.2) is 4.90 Å². The Bertz CT molecular complexity index is 1150. The summed E-state index contributed by atoms with van der Waals surface area (Å²) in [7, 11) is 1.59. The van der Waals surface area contributed by atoms with Gasteiger partial charge in [0, 0.05) is 0 Å². The smallest absolute Gasteiger partial charge is 0.239 e. The second-order valence-electron chi connectivity index (χ2n) is 8.18. The Hall–Kier alpha value is -2.44. The van der Waals surface area contributed by atoms with E-state index in [4.69, 9.17) is 4.74 Å². The van der Waals surface area contributed by atoms with Gasteiger partial charge in [0.2, 0.25) is 11.8 Å². The van der Waals surface area contributed by atoms with Gasteiger partial charge in [-0.3, -0.25) is 9.59 Å². The van der Waals surface area contributed by atoms with Crippen molar-refractivity contribution in [1.29, 1.82) is 0 Å². The molecule has 154 valence electrons. The summed E-state index contributed by atoms with van der Waals surface area (Å²) in [4.78, 5) is 29.1. The van der Waals surface area contributed by atoms with Gasteiger partial charge in [0.05, 0.1) is 33.3 Å². The molecular formula is C25H17Br2NO3. The number of ether oxygens (including phenoxy) is 1. The Morgan fingerprint density at radius 1 is 0.710 bits per heavy atom. The molecule has 1 aliphatic heterocycles. The van der Waals surface area contributed by atoms with Crippen LogP contribution < -0.4 is 9.64 Å². The highest BCUT2D eigenvalue weighted by Crippen LogP contribution is 2.70. The summed E-state index contributed by atoms with van der Waals surface area (Å²) in [6.45, 7) is 0. The van der Waals surface area contributed by atoms with E-state index in [9.17, 15) is 9.59 Å². The highest BCUT2D eigenvalue weighted by Gasteiger charge is 2.72. The first-order valence-electron chi connectivity index (χ1n) is 10.0. The Morgan fingerprint density at radius 3 is 1.45 bits per heavy atom. The van der Waals surface area contributed by atoms with Gasteiger partial charge in [0.25, 0.3) is 0 Å². The van der Waals surface area contributed by atoms with Gasteiger partial charge in [0.1, 0.15) is 5.75 Å². The predicted octanol–water partition coefficient (Wildman–Crippen LogP) is 5.11. The molecule has 2 amide bonds. The van der Waals surface area contributed by atoms with Crippen LogP contribution in [0.3, 0.4) is 0 Å². The van der Waals surface area contributed by atoms with Crippen molar-refractivity contribution >= 4 is 49.4 Å². The van der Waals surface area contributed by atoms with Gasteiger partial charge in [-0.2, -0.15) is 0 Å². The summed E-state index contributed by atoms with van der Waals surface area (Å²) in [5.41, 5.74) is 4.69. The number of hydrogen-bond donors (Lipinski definition) is 0. The molecule has 0 aromatic heterocycles. The quantitative estimate of drug-likeness (QED) is 0.336. The van der Waals surface area contributed by atoms with Crippen LogP contribution in [0.25, 0.3) is 0 Å². The van der Waals surface area contributed by atoms with E-state index in [-0.39, 0.29) is 11.8 Å². The molecule has 3 aromatic carbocycles. The molecule has 3 aliphatic carbocycles. The largest absolute Gasteiger partial charge is 0.497 e. The van der Waals surface area contributed by atoms with Gasteiger partial charge < -0.3 is 4.74 Å². The molecule has 2 atom stereocenters. The van der Waals surface area contributed by atoms with Crippen LogP contribution in [0.15, 0.2) is 72.8 Å². The zero-order valence-corrected chi connectivity index (χ0v) is 19.7. The minimum absolute atomic E-state index is 0.190. The lowest BCUT2D eigenvalue weighted by Crippen LogP contribution is -2.56. The fourth-order valence-corrected chi connectivity index (χ4v) is 7.96. The Balaban J connectivity index is 1.62. The van der Waals surface area contributed by atoms with Gasteiger partial charge >= 0.3 is 0 Å². The maximum Gasteiger partial charge on any atom is 0.239 e. The number of rotatable bonds is 2. The zero-order valence-electron chi connectivity index (χ0n) is 16.5. The van der Waals surface area contributed by atoms with Crippen LogP contribution in [-0.2, 0) is 18.2 Å². The Labute approximate surface area is 196 Å². The molecule has 31 heavy (non-hydrogen) atoms. The summed E-state index contributed by atoms with van der Waals surface area (Å²) in [5, 5.41) is 0. The van der Waals surface area contributed by atoms with Crippen molar-refractivity contribution in [3.8, 4) is 5.75 Å². The summed E-state index contributed by atoms with van der Waals surface area (Å²) >= 11 is 8.02. The van der Waals surface area contributed by atoms with Crippen molar-refractivity contribution in [2.75, 3.05) is 12.0 Å². The molecule has 1 heterocycles. The lowest BCUT2D eigenvalue weighted by molar-refractivity contribution is -0.122. The second-order valence-corrected chi connectivity index (χ2v) is 10.7. The molecule has 0 radical (unpaired) electrons. The summed E-state index contributed by atoms with van der Waals surface area (Å²) in [5.74, 6) is -0.832. The molecule has 3 aromatic rings. The third-order valence-electron chi connectivity index (χ3n) is 6.92. The van der Waals surface area contributed by atoms with Crippen LogP contribution in [-0.4, -0.2) is 18.9 Å². The number of hydrogen-bond acceptors (Lipinski definition) is 3. The molecule has 7 rings (SSSR count). The molecule has 6 heteroatoms. The maximum absolute atomic E-state index is 13.9. The van der Waals surface area contributed by atoms with Gasteiger partial charge in [-0.1, -0.05) is 80.4 Å². The zero-order chi connectivity index (χ0) is 21.5. The van der Waals surface area contributed by atoms with E-state index in [0.717, 1.165) is 22.3 Å². The average molecular weight is 539 g/mol. The summed E-state index contributed by atoms with van der Waals surface area (Å²) in [6.07, 6.45) is 0. The van der Waals surface area contributed by atoms with E-state index in [1.54, 1.807) is 31.4 Å². The van der Waals surface area contributed by atoms with Crippen LogP contribution in [0.2, 0.25) is 0 Å². The van der Waals surface area contributed by atoms with Crippen molar-refractivity contribution in [3.63, 3.8) is 0 Å². The molecule has 0 N–H and O–H groups in total. The van der Waals surface area contributed by atoms with Crippen molar-refractivity contribution in [2.45, 2.75) is 8.65 Å². The van der Waals surface area contributed by atoms with E-state index < -0.39 is 20.5 Å². The summed E-state index contributed by atoms with van der Waals surface area (Å²) in [6, 6.07) is 23.2. The number of carbonyl (C=O) groups excluding carboxylic acids is 2. The van der Waals surface area contributed by atoms with Crippen LogP contribution in [0, 0.1) is 11.8 Å². The van der Waals surface area contributed by atoms with Crippen molar-refractivity contribution < 1.29 is 14.3 Å². The van der Waals surface area contributed by atoms with E-state index in [2.05, 4.69) is 56.1 Å². The number of amides is 2. The normalized spacial score (nSPS) is 30.1. The number of imide groups is 1. The number of benzene rings is 3. The van der Waals surface area contributed by atoms with Gasteiger partial charge in [-0.05, 0) is 46.5 Å². The highest BCUT2D eigenvalue weighted by atomic mass is 79.9. The predicted molar refractivity (Wildman–Crippen MR) is 125 cm³/mol. The second kappa shape index (κ2) is 6.30. The van der Waals surface area contributed by atoms with Crippen LogP contribution in [0.5, 0.6) is 5.75 Å². The van der Waals surface area contributed by atoms with E-state index in [1.165, 1.54) is 4.90 Å². The number of nitrogens with zero attached hydrogens (tertiary/aromatic N) is 1. The van der Waals surface area contributed by atoms with Crippen LogP contribution in [0.1, 0.15) is 22.3 Å². The van der Waals surface area contributed by atoms with Gasteiger partial charge in [-0.15, -0.1) is 0 Å². The van der Waals surface area contributed by atoms with Crippen LogP contribution in [0.4, 0.5) is 5.69 Å². The third kappa shape index (κ3) is 2.15. The minimum atomic E-state index is -0.770. The number of halogens is 2. The monoisotopic (exact) mass is 537 g/mol. The van der Waals surface area contributed by atoms with E-state index >= 15 is 0 Å². The fraction of sp³-hybridized carbons (Fsp3) is 0.200. The maximum atomic E-state index is 13.9. The van der Waals surface area contributed by atoms with Crippen molar-refractivity contribution in [1.82, 2.24) is 0 Å². The number of methoxy groups -OCH3 is 1. The number of anilines is 1. The highest BCUT2D eigenvalue weighted by molar-refractivity contribution is 9.10. The third-order valence-corrected chi connectivity index (χ3v) is 9.61. The lowest BCUT2D eigenvalue weighted by atomic mass is 9.54. The van der Waals surface area contributed by atoms with Gasteiger partial charge in [0.15, 0.2) is 0 Å². The van der Waals surface area contributed by atoms with Crippen LogP contribution >= 0.6 is 31.9 Å². The average Bonchev–Trinajstić information content (AvgIpc) is 3.08. The SMILES string of the molecule is COc1ccc(N2C(=O)[C@H]3[C@H](C2=O)C2(Br)c4ccccc4C3(Br)c3ccccc32)cc1. The first kappa shape index (κ1) is 19.3. The van der Waals surface area contributed by atoms with E-state index in [0.29, 0.717) is 11.4 Å². The lowest BCUT2D eigenvalue weighted by Gasteiger charge is -2.55. The minimum Gasteiger partial charge on any atom is -0.497 e. The molecule has 0 spiro atoms. The first-order valence-corrected chi connectivity index (χ1v) is 11.6. The Morgan fingerprint density at radius 2 is 1.10 bits per heavy atom.